The molecule has 21 heavy (non-hydrogen) atoms. The largest absolute Gasteiger partial charge is 0.496 e. The first-order chi connectivity index (χ1) is 10.0. The van der Waals surface area contributed by atoms with Gasteiger partial charge in [-0.2, -0.15) is 0 Å². The molecule has 0 aliphatic carbocycles. The lowest BCUT2D eigenvalue weighted by atomic mass is 10.2. The lowest BCUT2D eigenvalue weighted by molar-refractivity contribution is 0.0687. The molecule has 5 nitrogen and oxygen atoms in total. The van der Waals surface area contributed by atoms with Crippen LogP contribution in [0.4, 0.5) is 0 Å². The SMILES string of the molecule is COc1ccc(Br)cc1C(=O)Oc1cccc(C(=O)O)c1. The van der Waals surface area contributed by atoms with E-state index in [4.69, 9.17) is 14.6 Å². The first-order valence-corrected chi connectivity index (χ1v) is 6.69. The van der Waals surface area contributed by atoms with Gasteiger partial charge < -0.3 is 14.6 Å². The first-order valence-electron chi connectivity index (χ1n) is 5.90. The van der Waals surface area contributed by atoms with E-state index in [1.165, 1.54) is 31.4 Å². The Labute approximate surface area is 129 Å². The fourth-order valence-electron chi connectivity index (χ4n) is 1.69. The zero-order valence-corrected chi connectivity index (χ0v) is 12.6. The number of carboxylic acid groups (broad SMARTS) is 1. The van der Waals surface area contributed by atoms with Crippen molar-refractivity contribution in [2.75, 3.05) is 7.11 Å². The molecule has 0 radical (unpaired) electrons. The summed E-state index contributed by atoms with van der Waals surface area (Å²) in [5, 5.41) is 8.91. The van der Waals surface area contributed by atoms with Gasteiger partial charge in [-0.15, -0.1) is 0 Å². The number of hydrogen-bond donors (Lipinski definition) is 1. The molecule has 0 atom stereocenters. The monoisotopic (exact) mass is 350 g/mol. The van der Waals surface area contributed by atoms with Crippen molar-refractivity contribution in [3.63, 3.8) is 0 Å². The summed E-state index contributed by atoms with van der Waals surface area (Å²) in [4.78, 5) is 23.0. The minimum atomic E-state index is -1.09. The molecule has 0 aliphatic rings. The number of aromatic carboxylic acids is 1. The number of methoxy groups -OCH3 is 1. The van der Waals surface area contributed by atoms with Gasteiger partial charge in [0.2, 0.25) is 0 Å². The molecule has 0 saturated heterocycles. The van der Waals surface area contributed by atoms with Crippen molar-refractivity contribution in [2.24, 2.45) is 0 Å². The maximum absolute atomic E-state index is 12.2. The molecular weight excluding hydrogens is 340 g/mol. The highest BCUT2D eigenvalue weighted by Gasteiger charge is 2.16. The number of carbonyl (C=O) groups is 2. The quantitative estimate of drug-likeness (QED) is 0.675. The van der Waals surface area contributed by atoms with Crippen molar-refractivity contribution in [2.45, 2.75) is 0 Å². The highest BCUT2D eigenvalue weighted by atomic mass is 79.9. The molecule has 0 spiro atoms. The van der Waals surface area contributed by atoms with Crippen LogP contribution in [0.2, 0.25) is 0 Å². The van der Waals surface area contributed by atoms with Crippen LogP contribution in [0.5, 0.6) is 11.5 Å². The molecule has 2 aromatic carbocycles. The Kier molecular flexibility index (Phi) is 4.59. The van der Waals surface area contributed by atoms with Gasteiger partial charge in [0.15, 0.2) is 0 Å². The average Bonchev–Trinajstić information content (AvgIpc) is 2.47. The molecule has 2 aromatic rings. The van der Waals surface area contributed by atoms with E-state index >= 15 is 0 Å². The molecule has 0 aliphatic heterocycles. The Hall–Kier alpha value is -2.34. The lowest BCUT2D eigenvalue weighted by Gasteiger charge is -2.09. The van der Waals surface area contributed by atoms with Crippen LogP contribution in [0, 0.1) is 0 Å². The predicted octanol–water partition coefficient (Wildman–Crippen LogP) is 3.38. The number of halogens is 1. The van der Waals surface area contributed by atoms with Crippen molar-refractivity contribution in [3.05, 3.63) is 58.1 Å². The standard InChI is InChI=1S/C15H11BrO5/c1-20-13-6-5-10(16)8-12(13)15(19)21-11-4-2-3-9(7-11)14(17)18/h2-8H,1H3,(H,17,18). The summed E-state index contributed by atoms with van der Waals surface area (Å²) in [5.74, 6) is -1.19. The summed E-state index contributed by atoms with van der Waals surface area (Å²) >= 11 is 3.27. The van der Waals surface area contributed by atoms with E-state index in [2.05, 4.69) is 15.9 Å². The van der Waals surface area contributed by atoms with Crippen molar-refractivity contribution in [3.8, 4) is 11.5 Å². The van der Waals surface area contributed by atoms with Crippen LogP contribution in [-0.2, 0) is 0 Å². The third-order valence-electron chi connectivity index (χ3n) is 2.67. The Morgan fingerprint density at radius 1 is 1.14 bits per heavy atom. The number of benzene rings is 2. The van der Waals surface area contributed by atoms with Gasteiger partial charge in [-0.25, -0.2) is 9.59 Å². The second-order valence-corrected chi connectivity index (χ2v) is 4.98. The number of hydrogen-bond acceptors (Lipinski definition) is 4. The third-order valence-corrected chi connectivity index (χ3v) is 3.17. The van der Waals surface area contributed by atoms with Gasteiger partial charge in [0.1, 0.15) is 17.1 Å². The first kappa shape index (κ1) is 15.1. The molecule has 1 N–H and O–H groups in total. The summed E-state index contributed by atoms with van der Waals surface area (Å²) in [6.45, 7) is 0. The summed E-state index contributed by atoms with van der Waals surface area (Å²) < 4.78 is 11.0. The van der Waals surface area contributed by atoms with E-state index in [1.54, 1.807) is 18.2 Å². The van der Waals surface area contributed by atoms with E-state index in [0.717, 1.165) is 0 Å². The summed E-state index contributed by atoms with van der Waals surface area (Å²) in [7, 11) is 1.45. The number of rotatable bonds is 4. The summed E-state index contributed by atoms with van der Waals surface area (Å²) in [6, 6.07) is 10.7. The lowest BCUT2D eigenvalue weighted by Crippen LogP contribution is -2.10. The topological polar surface area (TPSA) is 72.8 Å². The van der Waals surface area contributed by atoms with Crippen molar-refractivity contribution < 1.29 is 24.2 Å². The second kappa shape index (κ2) is 6.41. The van der Waals surface area contributed by atoms with Gasteiger partial charge in [-0.3, -0.25) is 0 Å². The molecule has 0 bridgehead atoms. The van der Waals surface area contributed by atoms with Gasteiger partial charge in [-0.1, -0.05) is 22.0 Å². The Bertz CT molecular complexity index is 696. The van der Waals surface area contributed by atoms with E-state index in [9.17, 15) is 9.59 Å². The molecule has 0 amide bonds. The summed E-state index contributed by atoms with van der Waals surface area (Å²) in [5.41, 5.74) is 0.286. The van der Waals surface area contributed by atoms with E-state index < -0.39 is 11.9 Å². The number of carboxylic acids is 1. The smallest absolute Gasteiger partial charge is 0.347 e. The zero-order chi connectivity index (χ0) is 15.4. The van der Waals surface area contributed by atoms with E-state index in [0.29, 0.717) is 10.2 Å². The van der Waals surface area contributed by atoms with Gasteiger partial charge in [0.25, 0.3) is 0 Å². The number of esters is 1. The Morgan fingerprint density at radius 2 is 1.90 bits per heavy atom. The fraction of sp³-hybridized carbons (Fsp3) is 0.0667. The van der Waals surface area contributed by atoms with E-state index in [1.807, 2.05) is 0 Å². The molecular formula is C15H11BrO5. The normalized spacial score (nSPS) is 10.0. The van der Waals surface area contributed by atoms with Crippen LogP contribution in [0.25, 0.3) is 0 Å². The van der Waals surface area contributed by atoms with Gasteiger partial charge in [0.05, 0.1) is 12.7 Å². The number of carbonyl (C=O) groups excluding carboxylic acids is 1. The maximum Gasteiger partial charge on any atom is 0.347 e. The van der Waals surface area contributed by atoms with Crippen LogP contribution in [0.1, 0.15) is 20.7 Å². The van der Waals surface area contributed by atoms with Gasteiger partial charge in [0, 0.05) is 4.47 Å². The van der Waals surface area contributed by atoms with Crippen LogP contribution < -0.4 is 9.47 Å². The second-order valence-electron chi connectivity index (χ2n) is 4.07. The summed E-state index contributed by atoms with van der Waals surface area (Å²) in [6.07, 6.45) is 0. The molecule has 6 heteroatoms. The molecule has 108 valence electrons. The van der Waals surface area contributed by atoms with Crippen LogP contribution >= 0.6 is 15.9 Å². The van der Waals surface area contributed by atoms with Crippen molar-refractivity contribution >= 4 is 27.9 Å². The molecule has 0 unspecified atom stereocenters. The molecule has 0 heterocycles. The minimum absolute atomic E-state index is 0.0431. The molecule has 2 rings (SSSR count). The van der Waals surface area contributed by atoms with Gasteiger partial charge in [-0.05, 0) is 36.4 Å². The highest BCUT2D eigenvalue weighted by molar-refractivity contribution is 9.10. The van der Waals surface area contributed by atoms with Crippen molar-refractivity contribution in [1.82, 2.24) is 0 Å². The third kappa shape index (κ3) is 3.61. The minimum Gasteiger partial charge on any atom is -0.496 e. The zero-order valence-electron chi connectivity index (χ0n) is 11.0. The fourth-order valence-corrected chi connectivity index (χ4v) is 2.06. The van der Waals surface area contributed by atoms with Gasteiger partial charge >= 0.3 is 11.9 Å². The predicted molar refractivity (Wildman–Crippen MR) is 79.1 cm³/mol. The van der Waals surface area contributed by atoms with Crippen LogP contribution in [0.3, 0.4) is 0 Å². The Balaban J connectivity index is 2.28. The number of ether oxygens (including phenoxy) is 2. The van der Waals surface area contributed by atoms with E-state index in [-0.39, 0.29) is 16.9 Å². The molecule has 0 aromatic heterocycles. The van der Waals surface area contributed by atoms with Crippen LogP contribution in [0.15, 0.2) is 46.9 Å². The Morgan fingerprint density at radius 3 is 2.57 bits per heavy atom. The highest BCUT2D eigenvalue weighted by Crippen LogP contribution is 2.25. The van der Waals surface area contributed by atoms with Crippen LogP contribution in [-0.4, -0.2) is 24.2 Å². The van der Waals surface area contributed by atoms with Crippen molar-refractivity contribution in [1.29, 1.82) is 0 Å². The average molecular weight is 351 g/mol. The molecule has 0 saturated carbocycles. The maximum atomic E-state index is 12.2. The molecule has 0 fully saturated rings.